The highest BCUT2D eigenvalue weighted by Gasteiger charge is 2.24. The predicted octanol–water partition coefficient (Wildman–Crippen LogP) is 4.81. The molecule has 0 aliphatic heterocycles. The van der Waals surface area contributed by atoms with Crippen molar-refractivity contribution in [3.63, 3.8) is 0 Å². The lowest BCUT2D eigenvalue weighted by Crippen LogP contribution is -2.18. The average molecular weight is 182 g/mol. The minimum Gasteiger partial charge on any atom is -0.0685 e. The van der Waals surface area contributed by atoms with Crippen LogP contribution in [0.2, 0.25) is 0 Å². The maximum absolute atomic E-state index is 2.33. The fraction of sp³-hybridized carbons (Fsp3) is 0.846. The van der Waals surface area contributed by atoms with E-state index in [-0.39, 0.29) is 0 Å². The lowest BCUT2D eigenvalue weighted by atomic mass is 9.74. The molecule has 0 aromatic heterocycles. The molecule has 13 heavy (non-hydrogen) atoms. The summed E-state index contributed by atoms with van der Waals surface area (Å²) in [5.41, 5.74) is 3.77. The normalized spacial score (nSPS) is 15.7. The molecule has 0 aliphatic carbocycles. The molecule has 0 nitrogen and oxygen atoms in total. The topological polar surface area (TPSA) is 0 Å². The van der Waals surface area contributed by atoms with Crippen LogP contribution in [0.25, 0.3) is 0 Å². The van der Waals surface area contributed by atoms with Gasteiger partial charge in [0, 0.05) is 0 Å². The summed E-state index contributed by atoms with van der Waals surface area (Å²) in [5.74, 6) is 0. The molecule has 0 N–H and O–H groups in total. The first-order valence-corrected chi connectivity index (χ1v) is 5.31. The summed E-state index contributed by atoms with van der Waals surface area (Å²) >= 11 is 0. The smallest absolute Gasteiger partial charge is 0.0147 e. The van der Waals surface area contributed by atoms with E-state index in [9.17, 15) is 0 Å². The van der Waals surface area contributed by atoms with Gasteiger partial charge in [-0.15, -0.1) is 0 Å². The molecule has 0 saturated heterocycles. The van der Waals surface area contributed by atoms with Crippen LogP contribution in [-0.2, 0) is 0 Å². The second-order valence-electron chi connectivity index (χ2n) is 5.74. The minimum atomic E-state index is 0.316. The highest BCUT2D eigenvalue weighted by molar-refractivity contribution is 5.21. The minimum absolute atomic E-state index is 0.316. The monoisotopic (exact) mass is 182 g/mol. The SMILES string of the molecule is CCC(C)(C)C(C)=C(C)C(C)(C)C. The van der Waals surface area contributed by atoms with Crippen molar-refractivity contribution in [1.29, 1.82) is 0 Å². The van der Waals surface area contributed by atoms with Crippen molar-refractivity contribution in [1.82, 2.24) is 0 Å². The van der Waals surface area contributed by atoms with Crippen LogP contribution in [-0.4, -0.2) is 0 Å². The van der Waals surface area contributed by atoms with Crippen molar-refractivity contribution in [2.75, 3.05) is 0 Å². The molecule has 0 atom stereocenters. The van der Waals surface area contributed by atoms with Gasteiger partial charge < -0.3 is 0 Å². The van der Waals surface area contributed by atoms with Gasteiger partial charge in [-0.25, -0.2) is 0 Å². The third kappa shape index (κ3) is 3.17. The van der Waals surface area contributed by atoms with E-state index < -0.39 is 0 Å². The van der Waals surface area contributed by atoms with Crippen molar-refractivity contribution >= 4 is 0 Å². The summed E-state index contributed by atoms with van der Waals surface area (Å²) in [5, 5.41) is 0. The van der Waals surface area contributed by atoms with E-state index in [0.717, 1.165) is 0 Å². The molecule has 0 fully saturated rings. The van der Waals surface area contributed by atoms with E-state index in [1.54, 1.807) is 11.1 Å². The van der Waals surface area contributed by atoms with Gasteiger partial charge in [-0.2, -0.15) is 0 Å². The molecule has 0 aromatic rings. The van der Waals surface area contributed by atoms with Crippen LogP contribution in [0.5, 0.6) is 0 Å². The molecule has 0 bridgehead atoms. The van der Waals surface area contributed by atoms with E-state index >= 15 is 0 Å². The van der Waals surface area contributed by atoms with Gasteiger partial charge in [0.05, 0.1) is 0 Å². The van der Waals surface area contributed by atoms with Crippen LogP contribution in [0.3, 0.4) is 0 Å². The van der Waals surface area contributed by atoms with E-state index in [4.69, 9.17) is 0 Å². The average Bonchev–Trinajstić information content (AvgIpc) is 2.00. The lowest BCUT2D eigenvalue weighted by Gasteiger charge is -2.31. The van der Waals surface area contributed by atoms with Crippen molar-refractivity contribution in [2.24, 2.45) is 10.8 Å². The molecule has 0 rings (SSSR count). The van der Waals surface area contributed by atoms with Crippen LogP contribution in [0.15, 0.2) is 11.1 Å². The summed E-state index contributed by atoms with van der Waals surface area (Å²) < 4.78 is 0. The fourth-order valence-corrected chi connectivity index (χ4v) is 1.34. The Balaban J connectivity index is 5.04. The number of rotatable bonds is 2. The van der Waals surface area contributed by atoms with Crippen LogP contribution in [0.1, 0.15) is 61.8 Å². The molecule has 0 amide bonds. The van der Waals surface area contributed by atoms with Crippen molar-refractivity contribution in [2.45, 2.75) is 61.8 Å². The molecule has 0 saturated carbocycles. The first kappa shape index (κ1) is 12.7. The van der Waals surface area contributed by atoms with Crippen molar-refractivity contribution in [3.05, 3.63) is 11.1 Å². The Kier molecular flexibility index (Phi) is 3.78. The van der Waals surface area contributed by atoms with Gasteiger partial charge in [0.25, 0.3) is 0 Å². The fourth-order valence-electron chi connectivity index (χ4n) is 1.34. The number of hydrogen-bond donors (Lipinski definition) is 0. The van der Waals surface area contributed by atoms with E-state index in [1.807, 2.05) is 0 Å². The second kappa shape index (κ2) is 3.86. The summed E-state index contributed by atoms with van der Waals surface area (Å²) in [6, 6.07) is 0. The largest absolute Gasteiger partial charge is 0.0685 e. The molecule has 0 spiro atoms. The highest BCUT2D eigenvalue weighted by atomic mass is 14.3. The molecule has 0 heterocycles. The zero-order valence-corrected chi connectivity index (χ0v) is 10.7. The molecule has 78 valence electrons. The molecule has 0 unspecified atom stereocenters. The van der Waals surface area contributed by atoms with Gasteiger partial charge in [0.1, 0.15) is 0 Å². The Bertz CT molecular complexity index is 199. The van der Waals surface area contributed by atoms with Crippen LogP contribution < -0.4 is 0 Å². The standard InChI is InChI=1S/C13H26/c1-9-13(7,8)11(3)10(2)12(4,5)6/h9H2,1-8H3. The summed E-state index contributed by atoms with van der Waals surface area (Å²) in [4.78, 5) is 0. The number of allylic oxidation sites excluding steroid dienone is 2. The Morgan fingerprint density at radius 1 is 0.846 bits per heavy atom. The molecule has 0 radical (unpaired) electrons. The molecular formula is C13H26. The first-order valence-electron chi connectivity index (χ1n) is 5.31. The maximum atomic E-state index is 2.33. The Morgan fingerprint density at radius 2 is 1.23 bits per heavy atom. The van der Waals surface area contributed by atoms with Gasteiger partial charge in [0.2, 0.25) is 0 Å². The van der Waals surface area contributed by atoms with Crippen LogP contribution in [0, 0.1) is 10.8 Å². The molecule has 0 aliphatic rings. The summed E-state index contributed by atoms with van der Waals surface area (Å²) in [6.45, 7) is 18.3. The first-order chi connectivity index (χ1) is 5.63. The van der Waals surface area contributed by atoms with Gasteiger partial charge in [-0.3, -0.25) is 0 Å². The lowest BCUT2D eigenvalue weighted by molar-refractivity contribution is 0.401. The Labute approximate surface area is 84.4 Å². The molecule has 0 aromatic carbocycles. The Hall–Kier alpha value is -0.260. The van der Waals surface area contributed by atoms with Crippen LogP contribution in [0.4, 0.5) is 0 Å². The van der Waals surface area contributed by atoms with E-state index in [0.29, 0.717) is 10.8 Å². The zero-order valence-electron chi connectivity index (χ0n) is 10.7. The molecular weight excluding hydrogens is 156 g/mol. The van der Waals surface area contributed by atoms with E-state index in [2.05, 4.69) is 55.4 Å². The van der Waals surface area contributed by atoms with Crippen molar-refractivity contribution < 1.29 is 0 Å². The highest BCUT2D eigenvalue weighted by Crippen LogP contribution is 2.37. The summed E-state index contributed by atoms with van der Waals surface area (Å²) in [6.07, 6.45) is 1.21. The quantitative estimate of drug-likeness (QED) is 0.538. The third-order valence-electron chi connectivity index (χ3n) is 3.59. The van der Waals surface area contributed by atoms with Gasteiger partial charge in [0.15, 0.2) is 0 Å². The zero-order chi connectivity index (χ0) is 10.9. The predicted molar refractivity (Wildman–Crippen MR) is 61.9 cm³/mol. The molecule has 0 heteroatoms. The van der Waals surface area contributed by atoms with Crippen LogP contribution >= 0.6 is 0 Å². The van der Waals surface area contributed by atoms with Gasteiger partial charge in [-0.1, -0.05) is 52.7 Å². The summed E-state index contributed by atoms with van der Waals surface area (Å²) in [7, 11) is 0. The van der Waals surface area contributed by atoms with E-state index in [1.165, 1.54) is 6.42 Å². The van der Waals surface area contributed by atoms with Crippen molar-refractivity contribution in [3.8, 4) is 0 Å². The van der Waals surface area contributed by atoms with Gasteiger partial charge in [-0.05, 0) is 31.1 Å². The number of hydrogen-bond acceptors (Lipinski definition) is 0. The third-order valence-corrected chi connectivity index (χ3v) is 3.59. The second-order valence-corrected chi connectivity index (χ2v) is 5.74. The maximum Gasteiger partial charge on any atom is -0.0147 e. The Morgan fingerprint density at radius 3 is 1.46 bits per heavy atom. The van der Waals surface area contributed by atoms with Gasteiger partial charge >= 0.3 is 0 Å².